The van der Waals surface area contributed by atoms with Gasteiger partial charge in [0.2, 0.25) is 5.91 Å². The summed E-state index contributed by atoms with van der Waals surface area (Å²) in [5.41, 5.74) is 7.95. The van der Waals surface area contributed by atoms with Gasteiger partial charge in [0.1, 0.15) is 0 Å². The van der Waals surface area contributed by atoms with Crippen molar-refractivity contribution in [2.45, 2.75) is 46.1 Å². The highest BCUT2D eigenvalue weighted by Gasteiger charge is 2.20. The number of nitrogens with two attached hydrogens (primary N) is 1. The summed E-state index contributed by atoms with van der Waals surface area (Å²) in [6.07, 6.45) is 0.903. The second kappa shape index (κ2) is 6.55. The van der Waals surface area contributed by atoms with Crippen molar-refractivity contribution < 1.29 is 4.79 Å². The molecule has 100 valence electrons. The molecule has 0 spiro atoms. The molecule has 0 fully saturated rings. The molecule has 0 bridgehead atoms. The molecule has 3 N–H and O–H groups in total. The number of amides is 1. The molecule has 1 aromatic rings. The molecule has 0 heterocycles. The SMILES string of the molecule is CCC(C)C(N)C(=O)Nc1ccccc1C(C)C. The zero-order valence-corrected chi connectivity index (χ0v) is 11.7. The quantitative estimate of drug-likeness (QED) is 0.841. The number of carbonyl (C=O) groups is 1. The Bertz CT molecular complexity index is 401. The van der Waals surface area contributed by atoms with E-state index in [1.54, 1.807) is 0 Å². The summed E-state index contributed by atoms with van der Waals surface area (Å²) in [6.45, 7) is 8.26. The van der Waals surface area contributed by atoms with Crippen molar-refractivity contribution in [2.24, 2.45) is 11.7 Å². The number of rotatable bonds is 5. The van der Waals surface area contributed by atoms with Crippen LogP contribution in [0.25, 0.3) is 0 Å². The fourth-order valence-corrected chi connectivity index (χ4v) is 1.84. The highest BCUT2D eigenvalue weighted by molar-refractivity contribution is 5.95. The van der Waals surface area contributed by atoms with Gasteiger partial charge in [-0.1, -0.05) is 52.3 Å². The van der Waals surface area contributed by atoms with Crippen LogP contribution in [0.15, 0.2) is 24.3 Å². The molecule has 3 heteroatoms. The van der Waals surface area contributed by atoms with Crippen LogP contribution in [0.4, 0.5) is 5.69 Å². The molecule has 0 saturated carbocycles. The third-order valence-electron chi connectivity index (χ3n) is 3.40. The van der Waals surface area contributed by atoms with Gasteiger partial charge in [-0.05, 0) is 23.5 Å². The first-order valence-corrected chi connectivity index (χ1v) is 6.62. The van der Waals surface area contributed by atoms with Gasteiger partial charge in [0.15, 0.2) is 0 Å². The number of benzene rings is 1. The predicted octanol–water partition coefficient (Wildman–Crippen LogP) is 3.12. The van der Waals surface area contributed by atoms with Gasteiger partial charge >= 0.3 is 0 Å². The van der Waals surface area contributed by atoms with Crippen LogP contribution in [-0.4, -0.2) is 11.9 Å². The van der Waals surface area contributed by atoms with Crippen LogP contribution in [0.3, 0.4) is 0 Å². The van der Waals surface area contributed by atoms with E-state index in [0.29, 0.717) is 5.92 Å². The van der Waals surface area contributed by atoms with E-state index in [0.717, 1.165) is 17.7 Å². The topological polar surface area (TPSA) is 55.1 Å². The zero-order valence-electron chi connectivity index (χ0n) is 11.7. The number of nitrogens with one attached hydrogen (secondary N) is 1. The van der Waals surface area contributed by atoms with E-state index < -0.39 is 6.04 Å². The van der Waals surface area contributed by atoms with Crippen molar-refractivity contribution in [1.82, 2.24) is 0 Å². The molecule has 0 saturated heterocycles. The average Bonchev–Trinajstić information content (AvgIpc) is 2.37. The molecule has 1 rings (SSSR count). The minimum atomic E-state index is -0.449. The summed E-state index contributed by atoms with van der Waals surface area (Å²) in [6, 6.07) is 7.43. The molecule has 3 nitrogen and oxygen atoms in total. The number of hydrogen-bond acceptors (Lipinski definition) is 2. The van der Waals surface area contributed by atoms with Crippen LogP contribution in [0.2, 0.25) is 0 Å². The largest absolute Gasteiger partial charge is 0.324 e. The Labute approximate surface area is 110 Å². The maximum Gasteiger partial charge on any atom is 0.241 e. The van der Waals surface area contributed by atoms with Crippen LogP contribution in [0, 0.1) is 5.92 Å². The molecule has 0 aliphatic rings. The van der Waals surface area contributed by atoms with Gasteiger partial charge in [0.05, 0.1) is 6.04 Å². The molecule has 0 aliphatic carbocycles. The first-order valence-electron chi connectivity index (χ1n) is 6.62. The summed E-state index contributed by atoms with van der Waals surface area (Å²) in [4.78, 5) is 12.1. The van der Waals surface area contributed by atoms with E-state index in [-0.39, 0.29) is 11.8 Å². The van der Waals surface area contributed by atoms with Gasteiger partial charge in [0.25, 0.3) is 0 Å². The molecular weight excluding hydrogens is 224 g/mol. The second-order valence-corrected chi connectivity index (χ2v) is 5.14. The first-order chi connectivity index (χ1) is 8.47. The lowest BCUT2D eigenvalue weighted by molar-refractivity contribution is -0.118. The maximum atomic E-state index is 12.1. The van der Waals surface area contributed by atoms with E-state index in [4.69, 9.17) is 5.73 Å². The summed E-state index contributed by atoms with van der Waals surface area (Å²) in [7, 11) is 0. The summed E-state index contributed by atoms with van der Waals surface area (Å²) < 4.78 is 0. The Morgan fingerprint density at radius 1 is 1.28 bits per heavy atom. The van der Waals surface area contributed by atoms with Gasteiger partial charge < -0.3 is 11.1 Å². The molecule has 1 amide bonds. The normalized spacial score (nSPS) is 14.3. The van der Waals surface area contributed by atoms with E-state index >= 15 is 0 Å². The second-order valence-electron chi connectivity index (χ2n) is 5.14. The Balaban J connectivity index is 2.82. The van der Waals surface area contributed by atoms with Gasteiger partial charge in [-0.15, -0.1) is 0 Å². The first kappa shape index (κ1) is 14.7. The standard InChI is InChI=1S/C15H24N2O/c1-5-11(4)14(16)15(18)17-13-9-7-6-8-12(13)10(2)3/h6-11,14H,5,16H2,1-4H3,(H,17,18). The van der Waals surface area contributed by atoms with Crippen LogP contribution in [0.5, 0.6) is 0 Å². The van der Waals surface area contributed by atoms with Gasteiger partial charge in [-0.3, -0.25) is 4.79 Å². The lowest BCUT2D eigenvalue weighted by Gasteiger charge is -2.20. The Morgan fingerprint density at radius 2 is 1.89 bits per heavy atom. The number of anilines is 1. The monoisotopic (exact) mass is 248 g/mol. The molecule has 2 unspecified atom stereocenters. The molecule has 18 heavy (non-hydrogen) atoms. The van der Waals surface area contributed by atoms with E-state index in [9.17, 15) is 4.79 Å². The van der Waals surface area contributed by atoms with Crippen molar-refractivity contribution >= 4 is 11.6 Å². The van der Waals surface area contributed by atoms with Crippen molar-refractivity contribution in [3.63, 3.8) is 0 Å². The summed E-state index contributed by atoms with van der Waals surface area (Å²) >= 11 is 0. The van der Waals surface area contributed by atoms with Gasteiger partial charge in [0, 0.05) is 5.69 Å². The van der Waals surface area contributed by atoms with Crippen molar-refractivity contribution in [1.29, 1.82) is 0 Å². The number of hydrogen-bond donors (Lipinski definition) is 2. The minimum absolute atomic E-state index is 0.0996. The number of para-hydroxylation sites is 1. The van der Waals surface area contributed by atoms with Crippen LogP contribution < -0.4 is 11.1 Å². The minimum Gasteiger partial charge on any atom is -0.324 e. The fraction of sp³-hybridized carbons (Fsp3) is 0.533. The van der Waals surface area contributed by atoms with Crippen molar-refractivity contribution in [2.75, 3.05) is 5.32 Å². The smallest absolute Gasteiger partial charge is 0.241 e. The zero-order chi connectivity index (χ0) is 13.7. The van der Waals surface area contributed by atoms with Crippen LogP contribution >= 0.6 is 0 Å². The average molecular weight is 248 g/mol. The Kier molecular flexibility index (Phi) is 5.35. The van der Waals surface area contributed by atoms with Crippen molar-refractivity contribution in [3.05, 3.63) is 29.8 Å². The van der Waals surface area contributed by atoms with Gasteiger partial charge in [-0.2, -0.15) is 0 Å². The predicted molar refractivity (Wildman–Crippen MR) is 76.6 cm³/mol. The number of carbonyl (C=O) groups excluding carboxylic acids is 1. The van der Waals surface area contributed by atoms with Crippen LogP contribution in [-0.2, 0) is 4.79 Å². The lowest BCUT2D eigenvalue weighted by Crippen LogP contribution is -2.40. The maximum absolute atomic E-state index is 12.1. The summed E-state index contributed by atoms with van der Waals surface area (Å²) in [5.74, 6) is 0.468. The molecule has 2 atom stereocenters. The fourth-order valence-electron chi connectivity index (χ4n) is 1.84. The Morgan fingerprint density at radius 3 is 2.44 bits per heavy atom. The molecule has 0 aliphatic heterocycles. The Hall–Kier alpha value is -1.35. The molecule has 0 aromatic heterocycles. The lowest BCUT2D eigenvalue weighted by atomic mass is 9.98. The third-order valence-corrected chi connectivity index (χ3v) is 3.40. The van der Waals surface area contributed by atoms with Crippen LogP contribution in [0.1, 0.15) is 45.6 Å². The molecule has 1 aromatic carbocycles. The molecule has 0 radical (unpaired) electrons. The third kappa shape index (κ3) is 3.57. The summed E-state index contributed by atoms with van der Waals surface area (Å²) in [5, 5.41) is 2.94. The van der Waals surface area contributed by atoms with E-state index in [1.165, 1.54) is 0 Å². The van der Waals surface area contributed by atoms with E-state index in [2.05, 4.69) is 19.2 Å². The van der Waals surface area contributed by atoms with Crippen molar-refractivity contribution in [3.8, 4) is 0 Å². The molecular formula is C15H24N2O. The highest BCUT2D eigenvalue weighted by atomic mass is 16.2. The van der Waals surface area contributed by atoms with Gasteiger partial charge in [-0.25, -0.2) is 0 Å². The highest BCUT2D eigenvalue weighted by Crippen LogP contribution is 2.24. The van der Waals surface area contributed by atoms with E-state index in [1.807, 2.05) is 38.1 Å².